The predicted octanol–water partition coefficient (Wildman–Crippen LogP) is 5.79. The topological polar surface area (TPSA) is 38.5 Å². The second-order valence-corrected chi connectivity index (χ2v) is 7.60. The van der Waals surface area contributed by atoms with E-state index >= 15 is 0 Å². The third-order valence-electron chi connectivity index (χ3n) is 5.75. The van der Waals surface area contributed by atoms with E-state index in [-0.39, 0.29) is 0 Å². The molecule has 0 atom stereocenters. The van der Waals surface area contributed by atoms with Crippen LogP contribution in [0.25, 0.3) is 27.9 Å². The van der Waals surface area contributed by atoms with Gasteiger partial charge in [-0.3, -0.25) is 9.88 Å². The van der Waals surface area contributed by atoms with Crippen LogP contribution < -0.4 is 4.74 Å². The Morgan fingerprint density at radius 3 is 2.57 bits per heavy atom. The van der Waals surface area contributed by atoms with E-state index in [0.29, 0.717) is 0 Å². The van der Waals surface area contributed by atoms with E-state index in [9.17, 15) is 0 Å². The molecular weight excluding hydrogens is 372 g/mol. The molecule has 1 aliphatic rings. The van der Waals surface area contributed by atoms with E-state index in [1.165, 1.54) is 16.7 Å². The zero-order chi connectivity index (χ0) is 20.3. The van der Waals surface area contributed by atoms with Gasteiger partial charge in [-0.15, -0.1) is 0 Å². The van der Waals surface area contributed by atoms with E-state index in [4.69, 9.17) is 9.15 Å². The summed E-state index contributed by atoms with van der Waals surface area (Å²) in [4.78, 5) is 6.58. The molecule has 30 heavy (non-hydrogen) atoms. The highest BCUT2D eigenvalue weighted by Gasteiger charge is 2.18. The Morgan fingerprint density at radius 2 is 1.83 bits per heavy atom. The summed E-state index contributed by atoms with van der Waals surface area (Å²) < 4.78 is 11.8. The molecule has 2 aromatic carbocycles. The van der Waals surface area contributed by atoms with Crippen molar-refractivity contribution in [2.24, 2.45) is 0 Å². The number of fused-ring (bicyclic) bond motifs is 1. The lowest BCUT2D eigenvalue weighted by Crippen LogP contribution is -2.28. The van der Waals surface area contributed by atoms with E-state index in [1.54, 1.807) is 19.5 Å². The molecule has 0 unspecified atom stereocenters. The molecule has 150 valence electrons. The van der Waals surface area contributed by atoms with Crippen LogP contribution in [0.15, 0.2) is 83.6 Å². The maximum Gasteiger partial charge on any atom is 0.176 e. The fourth-order valence-electron chi connectivity index (χ4n) is 4.12. The number of rotatable bonds is 5. The third kappa shape index (κ3) is 3.62. The Bertz CT molecular complexity index is 1180. The first kappa shape index (κ1) is 18.6. The molecule has 2 aromatic heterocycles. The lowest BCUT2D eigenvalue weighted by atomic mass is 9.99. The summed E-state index contributed by atoms with van der Waals surface area (Å²) in [5, 5.41) is 1.11. The first-order valence-electron chi connectivity index (χ1n) is 10.3. The van der Waals surface area contributed by atoms with E-state index in [2.05, 4.69) is 58.4 Å². The van der Waals surface area contributed by atoms with Crippen LogP contribution in [-0.4, -0.2) is 30.1 Å². The minimum Gasteiger partial charge on any atom is -0.493 e. The summed E-state index contributed by atoms with van der Waals surface area (Å²) in [6.07, 6.45) is 6.99. The maximum absolute atomic E-state index is 6.20. The minimum atomic E-state index is 0.763. The number of aromatic nitrogens is 1. The number of hydrogen-bond acceptors (Lipinski definition) is 4. The Kier molecular flexibility index (Phi) is 5.08. The largest absolute Gasteiger partial charge is 0.493 e. The molecule has 0 bridgehead atoms. The van der Waals surface area contributed by atoms with Crippen LogP contribution in [0, 0.1) is 0 Å². The number of methoxy groups -OCH3 is 1. The molecule has 4 nitrogen and oxygen atoms in total. The van der Waals surface area contributed by atoms with Gasteiger partial charge in [0.05, 0.1) is 7.11 Å². The second kappa shape index (κ2) is 8.17. The quantitative estimate of drug-likeness (QED) is 0.428. The Morgan fingerprint density at radius 1 is 1.00 bits per heavy atom. The molecule has 0 saturated heterocycles. The lowest BCUT2D eigenvalue weighted by Gasteiger charge is -2.26. The smallest absolute Gasteiger partial charge is 0.176 e. The fourth-order valence-corrected chi connectivity index (χ4v) is 4.12. The van der Waals surface area contributed by atoms with Crippen LogP contribution in [0.4, 0.5) is 0 Å². The van der Waals surface area contributed by atoms with Crippen LogP contribution >= 0.6 is 0 Å². The standard InChI is InChI=1S/C26H24N2O2/c1-29-24-8-7-22(23-17-25(30-26(23)24)21-9-13-27-14-10-21)18-28-15-11-20(12-16-28)19-5-3-2-4-6-19/h2-11,13-14,17H,12,15-16,18H2,1H3. The minimum absolute atomic E-state index is 0.763. The van der Waals surface area contributed by atoms with Crippen molar-refractivity contribution in [3.63, 3.8) is 0 Å². The van der Waals surface area contributed by atoms with Gasteiger partial charge in [-0.05, 0) is 47.4 Å². The van der Waals surface area contributed by atoms with Crippen LogP contribution in [0.2, 0.25) is 0 Å². The summed E-state index contributed by atoms with van der Waals surface area (Å²) in [5.74, 6) is 1.60. The molecular formula is C26H24N2O2. The van der Waals surface area contributed by atoms with Crippen molar-refractivity contribution in [1.82, 2.24) is 9.88 Å². The summed E-state index contributed by atoms with van der Waals surface area (Å²) in [5.41, 5.74) is 5.85. The number of furan rings is 1. The number of nitrogens with zero attached hydrogens (tertiary/aromatic N) is 2. The highest BCUT2D eigenvalue weighted by Crippen LogP contribution is 2.36. The molecule has 4 heteroatoms. The van der Waals surface area contributed by atoms with Crippen molar-refractivity contribution in [2.75, 3.05) is 20.2 Å². The van der Waals surface area contributed by atoms with Crippen LogP contribution in [0.3, 0.4) is 0 Å². The van der Waals surface area contributed by atoms with Gasteiger partial charge in [-0.25, -0.2) is 0 Å². The van der Waals surface area contributed by atoms with Crippen molar-refractivity contribution in [1.29, 1.82) is 0 Å². The van der Waals surface area contributed by atoms with Crippen molar-refractivity contribution < 1.29 is 9.15 Å². The van der Waals surface area contributed by atoms with Gasteiger partial charge < -0.3 is 9.15 Å². The van der Waals surface area contributed by atoms with Crippen molar-refractivity contribution in [3.8, 4) is 17.1 Å². The first-order valence-corrected chi connectivity index (χ1v) is 10.3. The van der Waals surface area contributed by atoms with Crippen LogP contribution in [-0.2, 0) is 6.54 Å². The van der Waals surface area contributed by atoms with E-state index < -0.39 is 0 Å². The third-order valence-corrected chi connectivity index (χ3v) is 5.75. The summed E-state index contributed by atoms with van der Waals surface area (Å²) >= 11 is 0. The Labute approximate surface area is 176 Å². The fraction of sp³-hybridized carbons (Fsp3) is 0.192. The molecule has 0 amide bonds. The van der Waals surface area contributed by atoms with Crippen molar-refractivity contribution >= 4 is 16.5 Å². The zero-order valence-electron chi connectivity index (χ0n) is 17.0. The number of ether oxygens (including phenoxy) is 1. The van der Waals surface area contributed by atoms with E-state index in [0.717, 1.165) is 54.1 Å². The predicted molar refractivity (Wildman–Crippen MR) is 120 cm³/mol. The van der Waals surface area contributed by atoms with Gasteiger partial charge in [-0.2, -0.15) is 0 Å². The lowest BCUT2D eigenvalue weighted by molar-refractivity contribution is 0.295. The van der Waals surface area contributed by atoms with Crippen LogP contribution in [0.1, 0.15) is 17.5 Å². The summed E-state index contributed by atoms with van der Waals surface area (Å²) in [7, 11) is 1.68. The molecule has 0 saturated carbocycles. The van der Waals surface area contributed by atoms with Gasteiger partial charge in [0.15, 0.2) is 11.3 Å². The molecule has 0 fully saturated rings. The van der Waals surface area contributed by atoms with Crippen LogP contribution in [0.5, 0.6) is 5.75 Å². The van der Waals surface area contributed by atoms with E-state index in [1.807, 2.05) is 18.2 Å². The average molecular weight is 396 g/mol. The van der Waals surface area contributed by atoms with Gasteiger partial charge in [0.25, 0.3) is 0 Å². The summed E-state index contributed by atoms with van der Waals surface area (Å²) in [6.45, 7) is 2.88. The van der Waals surface area contributed by atoms with Gasteiger partial charge in [0.2, 0.25) is 0 Å². The van der Waals surface area contributed by atoms with Crippen molar-refractivity contribution in [3.05, 3.63) is 90.3 Å². The number of hydrogen-bond donors (Lipinski definition) is 0. The average Bonchev–Trinajstić information content (AvgIpc) is 3.27. The van der Waals surface area contributed by atoms with Gasteiger partial charge in [0, 0.05) is 43.0 Å². The van der Waals surface area contributed by atoms with Gasteiger partial charge in [0.1, 0.15) is 5.76 Å². The molecule has 0 radical (unpaired) electrons. The van der Waals surface area contributed by atoms with Crippen molar-refractivity contribution in [2.45, 2.75) is 13.0 Å². The molecule has 0 N–H and O–H groups in total. The normalized spacial score (nSPS) is 14.6. The number of pyridine rings is 1. The Balaban J connectivity index is 1.42. The second-order valence-electron chi connectivity index (χ2n) is 7.60. The number of benzene rings is 2. The zero-order valence-corrected chi connectivity index (χ0v) is 17.0. The highest BCUT2D eigenvalue weighted by atomic mass is 16.5. The molecule has 1 aliphatic heterocycles. The monoisotopic (exact) mass is 396 g/mol. The van der Waals surface area contributed by atoms with Gasteiger partial charge >= 0.3 is 0 Å². The highest BCUT2D eigenvalue weighted by molar-refractivity contribution is 5.90. The Hall–Kier alpha value is -3.37. The molecule has 4 aromatic rings. The first-order chi connectivity index (χ1) is 14.8. The molecule has 3 heterocycles. The molecule has 0 aliphatic carbocycles. The van der Waals surface area contributed by atoms with Gasteiger partial charge in [-0.1, -0.05) is 42.5 Å². The molecule has 5 rings (SSSR count). The SMILES string of the molecule is COc1ccc(CN2CC=C(c3ccccc3)CC2)c2cc(-c3ccncc3)oc12. The summed E-state index contributed by atoms with van der Waals surface area (Å²) in [6, 6.07) is 20.9. The molecule has 0 spiro atoms. The maximum atomic E-state index is 6.20.